The number of carbonyl (C=O) groups is 1. The first kappa shape index (κ1) is 25.1. The highest BCUT2D eigenvalue weighted by Gasteiger charge is 2.46. The van der Waals surface area contributed by atoms with Crippen molar-refractivity contribution in [2.24, 2.45) is 0 Å². The van der Waals surface area contributed by atoms with Crippen LogP contribution >= 0.6 is 0 Å². The minimum Gasteiger partial charge on any atom is -0.466 e. The van der Waals surface area contributed by atoms with Gasteiger partial charge in [-0.05, 0) is 23.5 Å². The predicted octanol–water partition coefficient (Wildman–Crippen LogP) is 6.00. The highest BCUT2D eigenvalue weighted by atomic mass is 28.4. The van der Waals surface area contributed by atoms with E-state index in [-0.39, 0.29) is 24.6 Å². The number of hydrogen-bond donors (Lipinski definition) is 0. The van der Waals surface area contributed by atoms with Crippen LogP contribution in [-0.4, -0.2) is 39.7 Å². The van der Waals surface area contributed by atoms with Gasteiger partial charge in [0.25, 0.3) is 0 Å². The minimum atomic E-state index is -1.99. The molecule has 1 fully saturated rings. The van der Waals surface area contributed by atoms with Gasteiger partial charge in [-0.2, -0.15) is 0 Å². The number of carbonyl (C=O) groups excluding carboxylic acids is 1. The van der Waals surface area contributed by atoms with E-state index in [1.54, 1.807) is 0 Å². The van der Waals surface area contributed by atoms with Crippen molar-refractivity contribution in [2.45, 2.75) is 96.4 Å². The molecule has 1 saturated heterocycles. The van der Waals surface area contributed by atoms with Crippen molar-refractivity contribution in [3.05, 3.63) is 35.9 Å². The van der Waals surface area contributed by atoms with Crippen LogP contribution < -0.4 is 0 Å². The van der Waals surface area contributed by atoms with Crippen LogP contribution in [0.2, 0.25) is 16.6 Å². The fourth-order valence-corrected chi connectivity index (χ4v) is 10.4. The molecule has 2 rings (SSSR count). The van der Waals surface area contributed by atoms with Crippen LogP contribution in [0.25, 0.3) is 0 Å². The molecule has 170 valence electrons. The van der Waals surface area contributed by atoms with Crippen LogP contribution in [0.15, 0.2) is 30.3 Å². The largest absolute Gasteiger partial charge is 0.466 e. The highest BCUT2D eigenvalue weighted by molar-refractivity contribution is 6.77. The summed E-state index contributed by atoms with van der Waals surface area (Å²) in [5.41, 5.74) is 2.49. The molecule has 0 amide bonds. The standard InChI is InChI=1S/C24H40O5Si/c1-8-26-23(25)15-21-14-22(29-24(28-21)20-12-10-9-11-13-20)16-27-30(17(2)3,18(4)5)19(6)7/h9-13,17-19,21-22,24H,8,14-16H2,1-7H3/t21-,22+,24+/m0/s1. The van der Waals surface area contributed by atoms with Gasteiger partial charge < -0.3 is 18.6 Å². The summed E-state index contributed by atoms with van der Waals surface area (Å²) in [6.45, 7) is 16.4. The molecule has 1 aliphatic heterocycles. The zero-order valence-corrected chi connectivity index (χ0v) is 20.7. The predicted molar refractivity (Wildman–Crippen MR) is 122 cm³/mol. The Bertz CT molecular complexity index is 624. The van der Waals surface area contributed by atoms with Crippen LogP contribution in [-0.2, 0) is 23.4 Å². The van der Waals surface area contributed by atoms with Gasteiger partial charge in [0.2, 0.25) is 0 Å². The Kier molecular flexibility index (Phi) is 9.53. The van der Waals surface area contributed by atoms with Crippen molar-refractivity contribution in [3.8, 4) is 0 Å². The molecule has 0 spiro atoms. The monoisotopic (exact) mass is 436 g/mol. The summed E-state index contributed by atoms with van der Waals surface area (Å²) in [4.78, 5) is 12.1. The van der Waals surface area contributed by atoms with Gasteiger partial charge in [-0.15, -0.1) is 0 Å². The summed E-state index contributed by atoms with van der Waals surface area (Å²) in [5.74, 6) is -0.230. The van der Waals surface area contributed by atoms with Gasteiger partial charge in [-0.1, -0.05) is 71.9 Å². The Morgan fingerprint density at radius 1 is 1.00 bits per heavy atom. The van der Waals surface area contributed by atoms with Crippen molar-refractivity contribution in [1.82, 2.24) is 0 Å². The van der Waals surface area contributed by atoms with Gasteiger partial charge >= 0.3 is 5.97 Å². The Balaban J connectivity index is 2.16. The molecule has 5 nitrogen and oxygen atoms in total. The van der Waals surface area contributed by atoms with Crippen LogP contribution in [0.3, 0.4) is 0 Å². The van der Waals surface area contributed by atoms with Crippen LogP contribution in [0.4, 0.5) is 0 Å². The topological polar surface area (TPSA) is 54.0 Å². The lowest BCUT2D eigenvalue weighted by Gasteiger charge is -2.44. The molecule has 0 N–H and O–H groups in total. The number of benzene rings is 1. The van der Waals surface area contributed by atoms with E-state index in [0.29, 0.717) is 36.3 Å². The lowest BCUT2D eigenvalue weighted by atomic mass is 10.1. The Labute approximate surface area is 183 Å². The van der Waals surface area contributed by atoms with E-state index < -0.39 is 14.6 Å². The molecule has 6 heteroatoms. The molecular weight excluding hydrogens is 396 g/mol. The molecule has 0 radical (unpaired) electrons. The highest BCUT2D eigenvalue weighted by Crippen LogP contribution is 2.43. The molecule has 0 unspecified atom stereocenters. The van der Waals surface area contributed by atoms with E-state index in [2.05, 4.69) is 41.5 Å². The SMILES string of the molecule is CCOC(=O)C[C@@H]1C[C@H](CO[Si](C(C)C)(C(C)C)C(C)C)O[C@H](c2ccccc2)O1. The molecule has 1 aromatic rings. The maximum atomic E-state index is 12.1. The average Bonchev–Trinajstić information content (AvgIpc) is 2.68. The lowest BCUT2D eigenvalue weighted by molar-refractivity contribution is -0.254. The van der Waals surface area contributed by atoms with Crippen LogP contribution in [0.5, 0.6) is 0 Å². The molecular formula is C24H40O5Si. The third-order valence-corrected chi connectivity index (χ3v) is 12.2. The summed E-state index contributed by atoms with van der Waals surface area (Å²) in [6.07, 6.45) is -0.00323. The lowest BCUT2D eigenvalue weighted by Crippen LogP contribution is -2.50. The van der Waals surface area contributed by atoms with Crippen molar-refractivity contribution < 1.29 is 23.4 Å². The molecule has 3 atom stereocenters. The number of ether oxygens (including phenoxy) is 3. The van der Waals surface area contributed by atoms with Gasteiger partial charge in [0.1, 0.15) is 0 Å². The average molecular weight is 437 g/mol. The maximum absolute atomic E-state index is 12.1. The summed E-state index contributed by atoms with van der Waals surface area (Å²) >= 11 is 0. The number of esters is 1. The normalized spacial score (nSPS) is 22.7. The van der Waals surface area contributed by atoms with E-state index >= 15 is 0 Å². The first-order chi connectivity index (χ1) is 14.2. The van der Waals surface area contributed by atoms with E-state index in [1.807, 2.05) is 37.3 Å². The summed E-state index contributed by atoms with van der Waals surface area (Å²) in [5, 5.41) is 0. The Morgan fingerprint density at radius 2 is 1.57 bits per heavy atom. The first-order valence-electron chi connectivity index (χ1n) is 11.4. The fraction of sp³-hybridized carbons (Fsp3) is 0.708. The Hall–Kier alpha value is -1.21. The molecule has 0 aliphatic carbocycles. The molecule has 0 aromatic heterocycles. The fourth-order valence-electron chi connectivity index (χ4n) is 4.94. The van der Waals surface area contributed by atoms with E-state index in [0.717, 1.165) is 5.56 Å². The van der Waals surface area contributed by atoms with Crippen molar-refractivity contribution in [3.63, 3.8) is 0 Å². The third kappa shape index (κ3) is 6.16. The van der Waals surface area contributed by atoms with E-state index in [9.17, 15) is 4.79 Å². The molecule has 1 aliphatic rings. The second-order valence-corrected chi connectivity index (χ2v) is 14.6. The first-order valence-corrected chi connectivity index (χ1v) is 13.5. The van der Waals surface area contributed by atoms with Gasteiger partial charge in [-0.3, -0.25) is 4.79 Å². The third-order valence-electron chi connectivity index (χ3n) is 6.16. The van der Waals surface area contributed by atoms with Crippen molar-refractivity contribution >= 4 is 14.3 Å². The maximum Gasteiger partial charge on any atom is 0.308 e. The second-order valence-electron chi connectivity index (χ2n) is 9.13. The van der Waals surface area contributed by atoms with Crippen LogP contribution in [0, 0.1) is 0 Å². The molecule has 30 heavy (non-hydrogen) atoms. The van der Waals surface area contributed by atoms with Crippen molar-refractivity contribution in [1.29, 1.82) is 0 Å². The van der Waals surface area contributed by atoms with Gasteiger partial charge in [0, 0.05) is 12.0 Å². The van der Waals surface area contributed by atoms with E-state index in [1.165, 1.54) is 0 Å². The van der Waals surface area contributed by atoms with Gasteiger partial charge in [0.15, 0.2) is 14.6 Å². The second kappa shape index (κ2) is 11.4. The quantitative estimate of drug-likeness (QED) is 0.332. The molecule has 0 saturated carbocycles. The summed E-state index contributed by atoms with van der Waals surface area (Å²) in [7, 11) is -1.99. The summed E-state index contributed by atoms with van der Waals surface area (Å²) in [6, 6.07) is 9.89. The number of rotatable bonds is 10. The number of hydrogen-bond acceptors (Lipinski definition) is 5. The molecule has 1 heterocycles. The summed E-state index contributed by atoms with van der Waals surface area (Å²) < 4.78 is 24.4. The zero-order chi connectivity index (χ0) is 22.3. The van der Waals surface area contributed by atoms with E-state index in [4.69, 9.17) is 18.6 Å². The van der Waals surface area contributed by atoms with Gasteiger partial charge in [-0.25, -0.2) is 0 Å². The minimum absolute atomic E-state index is 0.119. The van der Waals surface area contributed by atoms with Crippen LogP contribution in [0.1, 0.15) is 73.2 Å². The molecule has 0 bridgehead atoms. The van der Waals surface area contributed by atoms with Crippen molar-refractivity contribution in [2.75, 3.05) is 13.2 Å². The smallest absolute Gasteiger partial charge is 0.308 e. The zero-order valence-electron chi connectivity index (χ0n) is 19.7. The Morgan fingerprint density at radius 3 is 2.10 bits per heavy atom. The molecule has 1 aromatic carbocycles. The van der Waals surface area contributed by atoms with Gasteiger partial charge in [0.05, 0.1) is 31.8 Å².